The number of rotatable bonds is 8. The van der Waals surface area contributed by atoms with E-state index in [1.54, 1.807) is 6.92 Å². The first kappa shape index (κ1) is 16.6. The number of carboxylic acids is 1. The second kappa shape index (κ2) is 11.2. The Bertz CT molecular complexity index is 151. The molecule has 0 radical (unpaired) electrons. The third-order valence-electron chi connectivity index (χ3n) is 1.91. The Hall–Kier alpha value is 0.140. The molecular formula is C10H17NaO3. The van der Waals surface area contributed by atoms with Crippen LogP contribution in [0.5, 0.6) is 0 Å². The molecule has 0 rings (SSSR count). The van der Waals surface area contributed by atoms with Gasteiger partial charge in [-0.1, -0.05) is 19.3 Å². The minimum absolute atomic E-state index is 0. The molecule has 0 heterocycles. The van der Waals surface area contributed by atoms with Crippen molar-refractivity contribution in [1.82, 2.24) is 0 Å². The fourth-order valence-corrected chi connectivity index (χ4v) is 1.17. The third kappa shape index (κ3) is 14.7. The van der Waals surface area contributed by atoms with Gasteiger partial charge in [-0.25, -0.2) is 0 Å². The molecule has 0 bridgehead atoms. The van der Waals surface area contributed by atoms with E-state index in [-0.39, 0.29) is 41.8 Å². The van der Waals surface area contributed by atoms with Gasteiger partial charge >= 0.3 is 29.6 Å². The van der Waals surface area contributed by atoms with Crippen molar-refractivity contribution in [1.29, 1.82) is 0 Å². The van der Waals surface area contributed by atoms with Gasteiger partial charge < -0.3 is 14.7 Å². The van der Waals surface area contributed by atoms with E-state index in [4.69, 9.17) is 0 Å². The van der Waals surface area contributed by atoms with Crippen molar-refractivity contribution >= 4 is 11.8 Å². The van der Waals surface area contributed by atoms with Crippen molar-refractivity contribution in [2.45, 2.75) is 51.9 Å². The molecule has 0 amide bonds. The van der Waals surface area contributed by atoms with Crippen molar-refractivity contribution in [3.63, 3.8) is 0 Å². The second-order valence-electron chi connectivity index (χ2n) is 3.34. The van der Waals surface area contributed by atoms with E-state index < -0.39 is 5.97 Å². The average molecular weight is 208 g/mol. The molecule has 0 aromatic heterocycles. The summed E-state index contributed by atoms with van der Waals surface area (Å²) in [5.41, 5.74) is 0. The maximum atomic E-state index is 10.5. The molecular weight excluding hydrogens is 191 g/mol. The van der Waals surface area contributed by atoms with Gasteiger partial charge in [-0.15, -0.1) is 0 Å². The number of carboxylic acid groups (broad SMARTS) is 1. The summed E-state index contributed by atoms with van der Waals surface area (Å²) in [6, 6.07) is 0. The molecule has 76 valence electrons. The van der Waals surface area contributed by atoms with Gasteiger partial charge in [-0.05, 0) is 26.2 Å². The summed E-state index contributed by atoms with van der Waals surface area (Å²) in [5.74, 6) is -0.738. The Morgan fingerprint density at radius 3 is 1.79 bits per heavy atom. The standard InChI is InChI=1S/C10H18O3.Na/c1-9(11)7-5-3-2-4-6-8-10(12)13;/h2-8H2,1H3,(H,12,13);/q;+1/p-1. The zero-order valence-electron chi connectivity index (χ0n) is 9.17. The summed E-state index contributed by atoms with van der Waals surface area (Å²) in [4.78, 5) is 20.6. The smallest absolute Gasteiger partial charge is 0.550 e. The van der Waals surface area contributed by atoms with Gasteiger partial charge in [0, 0.05) is 12.4 Å². The quantitative estimate of drug-likeness (QED) is 0.344. The molecule has 0 atom stereocenters. The molecule has 0 aromatic rings. The van der Waals surface area contributed by atoms with E-state index in [1.807, 2.05) is 0 Å². The van der Waals surface area contributed by atoms with Crippen molar-refractivity contribution in [2.24, 2.45) is 0 Å². The van der Waals surface area contributed by atoms with Crippen molar-refractivity contribution in [3.05, 3.63) is 0 Å². The normalized spacial score (nSPS) is 9.21. The molecule has 3 nitrogen and oxygen atoms in total. The summed E-state index contributed by atoms with van der Waals surface area (Å²) in [7, 11) is 0. The van der Waals surface area contributed by atoms with E-state index in [9.17, 15) is 14.7 Å². The molecule has 0 aliphatic carbocycles. The van der Waals surface area contributed by atoms with Crippen LogP contribution in [-0.4, -0.2) is 11.8 Å². The number of Topliss-reactive ketones (excluding diaryl/α,β-unsaturated/α-hetero) is 1. The van der Waals surface area contributed by atoms with Gasteiger partial charge in [0.1, 0.15) is 5.78 Å². The maximum absolute atomic E-state index is 10.5. The molecule has 4 heteroatoms. The Labute approximate surface area is 108 Å². The van der Waals surface area contributed by atoms with Crippen LogP contribution in [0.2, 0.25) is 0 Å². The summed E-state index contributed by atoms with van der Waals surface area (Å²) in [5, 5.41) is 10.0. The van der Waals surface area contributed by atoms with E-state index >= 15 is 0 Å². The number of hydrogen-bond acceptors (Lipinski definition) is 3. The predicted octanol–water partition coefficient (Wildman–Crippen LogP) is -1.94. The van der Waals surface area contributed by atoms with Crippen LogP contribution in [0, 0.1) is 0 Å². The topological polar surface area (TPSA) is 57.2 Å². The summed E-state index contributed by atoms with van der Waals surface area (Å²) in [6.07, 6.45) is 5.40. The first-order valence-electron chi connectivity index (χ1n) is 4.82. The zero-order valence-corrected chi connectivity index (χ0v) is 11.2. The van der Waals surface area contributed by atoms with Crippen LogP contribution in [0.4, 0.5) is 0 Å². The van der Waals surface area contributed by atoms with E-state index in [0.717, 1.165) is 25.7 Å². The van der Waals surface area contributed by atoms with Gasteiger partial charge in [-0.2, -0.15) is 0 Å². The van der Waals surface area contributed by atoms with Crippen LogP contribution in [0.15, 0.2) is 0 Å². The first-order valence-corrected chi connectivity index (χ1v) is 4.82. The fourth-order valence-electron chi connectivity index (χ4n) is 1.17. The largest absolute Gasteiger partial charge is 1.00 e. The molecule has 0 saturated carbocycles. The monoisotopic (exact) mass is 208 g/mol. The SMILES string of the molecule is CC(=O)CCCCCCCC(=O)[O-].[Na+]. The summed E-state index contributed by atoms with van der Waals surface area (Å²) < 4.78 is 0. The maximum Gasteiger partial charge on any atom is 1.00 e. The van der Waals surface area contributed by atoms with Crippen molar-refractivity contribution in [3.8, 4) is 0 Å². The van der Waals surface area contributed by atoms with Crippen LogP contribution in [0.3, 0.4) is 0 Å². The average Bonchev–Trinajstić information content (AvgIpc) is 2.01. The van der Waals surface area contributed by atoms with Gasteiger partial charge in [0.25, 0.3) is 0 Å². The van der Waals surface area contributed by atoms with Gasteiger partial charge in [0.2, 0.25) is 0 Å². The minimum Gasteiger partial charge on any atom is -0.550 e. The first-order chi connectivity index (χ1) is 6.13. The molecule has 0 unspecified atom stereocenters. The second-order valence-corrected chi connectivity index (χ2v) is 3.34. The van der Waals surface area contributed by atoms with E-state index in [1.165, 1.54) is 0 Å². The van der Waals surface area contributed by atoms with Crippen LogP contribution >= 0.6 is 0 Å². The Morgan fingerprint density at radius 2 is 1.36 bits per heavy atom. The summed E-state index contributed by atoms with van der Waals surface area (Å²) in [6.45, 7) is 1.59. The molecule has 0 aliphatic rings. The predicted molar refractivity (Wildman–Crippen MR) is 48.0 cm³/mol. The van der Waals surface area contributed by atoms with E-state index in [0.29, 0.717) is 12.8 Å². The molecule has 0 aliphatic heterocycles. The summed E-state index contributed by atoms with van der Waals surface area (Å²) >= 11 is 0. The number of carbonyl (C=O) groups excluding carboxylic acids is 2. The zero-order chi connectivity index (χ0) is 10.1. The Balaban J connectivity index is 0. The van der Waals surface area contributed by atoms with E-state index in [2.05, 4.69) is 0 Å². The Morgan fingerprint density at radius 1 is 0.929 bits per heavy atom. The minimum atomic E-state index is -0.969. The van der Waals surface area contributed by atoms with Crippen LogP contribution in [-0.2, 0) is 9.59 Å². The van der Waals surface area contributed by atoms with Gasteiger partial charge in [0.05, 0.1) is 0 Å². The number of unbranched alkanes of at least 4 members (excludes halogenated alkanes) is 4. The van der Waals surface area contributed by atoms with Crippen LogP contribution in [0.1, 0.15) is 51.9 Å². The van der Waals surface area contributed by atoms with Crippen molar-refractivity contribution in [2.75, 3.05) is 0 Å². The third-order valence-corrected chi connectivity index (χ3v) is 1.91. The van der Waals surface area contributed by atoms with Crippen LogP contribution < -0.4 is 34.7 Å². The number of ketones is 1. The molecule has 0 aromatic carbocycles. The molecule has 0 N–H and O–H groups in total. The molecule has 0 spiro atoms. The molecule has 0 fully saturated rings. The fraction of sp³-hybridized carbons (Fsp3) is 0.800. The number of hydrogen-bond donors (Lipinski definition) is 0. The Kier molecular flexibility index (Phi) is 13.3. The number of carbonyl (C=O) groups is 2. The van der Waals surface area contributed by atoms with Crippen LogP contribution in [0.25, 0.3) is 0 Å². The van der Waals surface area contributed by atoms with Gasteiger partial charge in [-0.3, -0.25) is 0 Å². The van der Waals surface area contributed by atoms with Gasteiger partial charge in [0.15, 0.2) is 0 Å². The molecule has 14 heavy (non-hydrogen) atoms. The number of aliphatic carboxylic acids is 1. The van der Waals surface area contributed by atoms with Crippen molar-refractivity contribution < 1.29 is 44.3 Å². The molecule has 0 saturated heterocycles.